The van der Waals surface area contributed by atoms with E-state index in [-0.39, 0.29) is 18.4 Å². The number of oxazole rings is 1. The highest BCUT2D eigenvalue weighted by Gasteiger charge is 2.35. The van der Waals surface area contributed by atoms with E-state index in [9.17, 15) is 13.2 Å². The predicted octanol–water partition coefficient (Wildman–Crippen LogP) is 3.69. The van der Waals surface area contributed by atoms with E-state index in [2.05, 4.69) is 14.9 Å². The number of hydrogen-bond acceptors (Lipinski definition) is 5. The molecule has 1 atom stereocenters. The lowest BCUT2D eigenvalue weighted by atomic mass is 9.99. The Morgan fingerprint density at radius 3 is 2.96 bits per heavy atom. The molecule has 0 amide bonds. The molecule has 1 unspecified atom stereocenters. The monoisotopic (exact) mass is 355 g/mol. The van der Waals surface area contributed by atoms with Crippen molar-refractivity contribution in [3.05, 3.63) is 41.7 Å². The van der Waals surface area contributed by atoms with Gasteiger partial charge in [0.15, 0.2) is 5.89 Å². The fraction of sp³-hybridized carbons (Fsp3) is 0.529. The topological polar surface area (TPSA) is 51.4 Å². The molecule has 5 nitrogen and oxygen atoms in total. The van der Waals surface area contributed by atoms with Gasteiger partial charge in [0, 0.05) is 32.1 Å². The molecule has 0 N–H and O–H groups in total. The minimum absolute atomic E-state index is 0.157. The number of aryl methyl sites for hydroxylation is 1. The first-order valence-electron chi connectivity index (χ1n) is 8.20. The summed E-state index contributed by atoms with van der Waals surface area (Å²) < 4.78 is 49.5. The van der Waals surface area contributed by atoms with Crippen LogP contribution in [0.25, 0.3) is 0 Å². The van der Waals surface area contributed by atoms with Crippen LogP contribution in [0, 0.1) is 12.8 Å². The molecule has 136 valence electrons. The quantitative estimate of drug-likeness (QED) is 0.819. The molecule has 0 saturated carbocycles. The third kappa shape index (κ3) is 4.72. The highest BCUT2D eigenvalue weighted by molar-refractivity contribution is 5.28. The normalized spacial score (nSPS) is 19.1. The van der Waals surface area contributed by atoms with Gasteiger partial charge in [0.2, 0.25) is 5.88 Å². The molecule has 0 aromatic carbocycles. The Morgan fingerprint density at radius 1 is 1.40 bits per heavy atom. The zero-order valence-electron chi connectivity index (χ0n) is 13.9. The standard InChI is InChI=1S/C17H20F3N3O2/c1-12-22-14(11-24-12)9-23-7-3-4-13(8-23)10-25-16-15(17(18,19)20)5-2-6-21-16/h2,5-6,11,13H,3-4,7-10H2,1H3. The van der Waals surface area contributed by atoms with Crippen molar-refractivity contribution in [2.75, 3.05) is 19.7 Å². The van der Waals surface area contributed by atoms with E-state index < -0.39 is 11.7 Å². The summed E-state index contributed by atoms with van der Waals surface area (Å²) in [4.78, 5) is 10.2. The van der Waals surface area contributed by atoms with Crippen molar-refractivity contribution in [1.82, 2.24) is 14.9 Å². The van der Waals surface area contributed by atoms with E-state index in [1.807, 2.05) is 0 Å². The first-order valence-corrected chi connectivity index (χ1v) is 8.20. The van der Waals surface area contributed by atoms with Gasteiger partial charge in [-0.2, -0.15) is 13.2 Å². The maximum absolute atomic E-state index is 13.0. The number of piperidine rings is 1. The molecule has 0 radical (unpaired) electrons. The van der Waals surface area contributed by atoms with Gasteiger partial charge >= 0.3 is 6.18 Å². The van der Waals surface area contributed by atoms with E-state index in [4.69, 9.17) is 9.15 Å². The third-order valence-corrected chi connectivity index (χ3v) is 4.19. The van der Waals surface area contributed by atoms with Crippen molar-refractivity contribution in [2.24, 2.45) is 5.92 Å². The van der Waals surface area contributed by atoms with Crippen LogP contribution < -0.4 is 4.74 Å². The van der Waals surface area contributed by atoms with Crippen LogP contribution in [0.4, 0.5) is 13.2 Å². The van der Waals surface area contributed by atoms with Gasteiger partial charge in [-0.15, -0.1) is 0 Å². The molecule has 1 saturated heterocycles. The molecule has 2 aromatic heterocycles. The summed E-state index contributed by atoms with van der Waals surface area (Å²) in [6.45, 7) is 4.36. The Kier molecular flexibility index (Phi) is 5.27. The Balaban J connectivity index is 1.57. The van der Waals surface area contributed by atoms with Crippen LogP contribution in [-0.2, 0) is 12.7 Å². The summed E-state index contributed by atoms with van der Waals surface area (Å²) in [6.07, 6.45) is 0.373. The van der Waals surface area contributed by atoms with Gasteiger partial charge in [-0.05, 0) is 31.5 Å². The number of rotatable bonds is 5. The number of nitrogens with zero attached hydrogens (tertiary/aromatic N) is 3. The van der Waals surface area contributed by atoms with Gasteiger partial charge in [-0.3, -0.25) is 4.90 Å². The van der Waals surface area contributed by atoms with E-state index >= 15 is 0 Å². The second-order valence-corrected chi connectivity index (χ2v) is 6.27. The Hall–Kier alpha value is -2.09. The molecule has 25 heavy (non-hydrogen) atoms. The Bertz CT molecular complexity index is 702. The molecular weight excluding hydrogens is 335 g/mol. The molecule has 0 bridgehead atoms. The number of hydrogen-bond donors (Lipinski definition) is 0. The lowest BCUT2D eigenvalue weighted by Gasteiger charge is -2.32. The minimum atomic E-state index is -4.47. The molecule has 1 aliphatic heterocycles. The average Bonchev–Trinajstić information content (AvgIpc) is 2.98. The lowest BCUT2D eigenvalue weighted by Crippen LogP contribution is -2.37. The van der Waals surface area contributed by atoms with Crippen molar-refractivity contribution >= 4 is 0 Å². The van der Waals surface area contributed by atoms with Gasteiger partial charge in [-0.1, -0.05) is 0 Å². The highest BCUT2D eigenvalue weighted by atomic mass is 19.4. The summed E-state index contributed by atoms with van der Waals surface area (Å²) >= 11 is 0. The van der Waals surface area contributed by atoms with Crippen LogP contribution in [0.3, 0.4) is 0 Å². The molecule has 1 fully saturated rings. The van der Waals surface area contributed by atoms with Crippen LogP contribution in [0.2, 0.25) is 0 Å². The van der Waals surface area contributed by atoms with Gasteiger partial charge in [0.1, 0.15) is 11.8 Å². The number of aromatic nitrogens is 2. The number of likely N-dealkylation sites (tertiary alicyclic amines) is 1. The number of ether oxygens (including phenoxy) is 1. The van der Waals surface area contributed by atoms with Crippen molar-refractivity contribution in [3.8, 4) is 5.88 Å². The van der Waals surface area contributed by atoms with Crippen LogP contribution in [0.5, 0.6) is 5.88 Å². The predicted molar refractivity (Wildman–Crippen MR) is 84.0 cm³/mol. The molecule has 3 heterocycles. The van der Waals surface area contributed by atoms with Crippen molar-refractivity contribution in [1.29, 1.82) is 0 Å². The average molecular weight is 355 g/mol. The second-order valence-electron chi connectivity index (χ2n) is 6.27. The largest absolute Gasteiger partial charge is 0.477 e. The maximum atomic E-state index is 13.0. The Labute approximate surface area is 143 Å². The number of pyridine rings is 1. The second kappa shape index (κ2) is 7.43. The fourth-order valence-electron chi connectivity index (χ4n) is 3.06. The van der Waals surface area contributed by atoms with Crippen molar-refractivity contribution in [2.45, 2.75) is 32.5 Å². The summed E-state index contributed by atoms with van der Waals surface area (Å²) in [7, 11) is 0. The van der Waals surface area contributed by atoms with Crippen molar-refractivity contribution < 1.29 is 22.3 Å². The van der Waals surface area contributed by atoms with Gasteiger partial charge in [0.25, 0.3) is 0 Å². The van der Waals surface area contributed by atoms with E-state index in [0.29, 0.717) is 12.4 Å². The molecule has 8 heteroatoms. The zero-order chi connectivity index (χ0) is 17.9. The van der Waals surface area contributed by atoms with Crippen LogP contribution in [0.15, 0.2) is 29.0 Å². The number of alkyl halides is 3. The van der Waals surface area contributed by atoms with Crippen LogP contribution in [0.1, 0.15) is 30.0 Å². The third-order valence-electron chi connectivity index (χ3n) is 4.19. The van der Waals surface area contributed by atoms with Crippen molar-refractivity contribution in [3.63, 3.8) is 0 Å². The zero-order valence-corrected chi connectivity index (χ0v) is 13.9. The smallest absolute Gasteiger partial charge is 0.421 e. The van der Waals surface area contributed by atoms with Gasteiger partial charge in [-0.25, -0.2) is 9.97 Å². The summed E-state index contributed by atoms with van der Waals surface area (Å²) in [5.41, 5.74) is 0.0314. The molecule has 0 aliphatic carbocycles. The van der Waals surface area contributed by atoms with Crippen LogP contribution >= 0.6 is 0 Å². The summed E-state index contributed by atoms with van der Waals surface area (Å²) in [5.74, 6) is 0.436. The first-order chi connectivity index (χ1) is 11.9. The van der Waals surface area contributed by atoms with Crippen LogP contribution in [-0.4, -0.2) is 34.6 Å². The lowest BCUT2D eigenvalue weighted by molar-refractivity contribution is -0.139. The molecule has 3 rings (SSSR count). The SMILES string of the molecule is Cc1nc(CN2CCCC(COc3ncccc3C(F)(F)F)C2)co1. The summed E-state index contributed by atoms with van der Waals surface area (Å²) in [6, 6.07) is 2.25. The highest BCUT2D eigenvalue weighted by Crippen LogP contribution is 2.35. The summed E-state index contributed by atoms with van der Waals surface area (Å²) in [5, 5.41) is 0. The van der Waals surface area contributed by atoms with Gasteiger partial charge < -0.3 is 9.15 Å². The fourth-order valence-corrected chi connectivity index (χ4v) is 3.06. The molecule has 2 aromatic rings. The van der Waals surface area contributed by atoms with E-state index in [1.54, 1.807) is 13.2 Å². The number of halogens is 3. The molecule has 1 aliphatic rings. The molecular formula is C17H20F3N3O2. The van der Waals surface area contributed by atoms with E-state index in [1.165, 1.54) is 12.3 Å². The first kappa shape index (κ1) is 17.7. The van der Waals surface area contributed by atoms with E-state index in [0.717, 1.165) is 37.7 Å². The van der Waals surface area contributed by atoms with Gasteiger partial charge in [0.05, 0.1) is 12.3 Å². The maximum Gasteiger partial charge on any atom is 0.421 e. The molecule has 0 spiro atoms. The minimum Gasteiger partial charge on any atom is -0.477 e. The Morgan fingerprint density at radius 2 is 2.24 bits per heavy atom.